The van der Waals surface area contributed by atoms with E-state index in [1.54, 1.807) is 30.3 Å². The summed E-state index contributed by atoms with van der Waals surface area (Å²) in [7, 11) is -3.31. The van der Waals surface area contributed by atoms with Crippen LogP contribution in [0.1, 0.15) is 135 Å². The van der Waals surface area contributed by atoms with Crippen molar-refractivity contribution in [2.45, 2.75) is 117 Å². The number of hydrogen-bond donors (Lipinski definition) is 5. The quantitative estimate of drug-likeness (QED) is 0.0325. The second-order valence-electron chi connectivity index (χ2n) is 16.6. The molecule has 0 aliphatic carbocycles. The summed E-state index contributed by atoms with van der Waals surface area (Å²) in [6, 6.07) is 25.7. The Morgan fingerprint density at radius 3 is 1.70 bits per heavy atom. The minimum Gasteiger partial charge on any atom is -0.506 e. The zero-order chi connectivity index (χ0) is 46.2. The van der Waals surface area contributed by atoms with E-state index in [0.717, 1.165) is 35.8 Å². The predicted octanol–water partition coefficient (Wildman–Crippen LogP) is 11.0. The van der Waals surface area contributed by atoms with Gasteiger partial charge in [-0.05, 0) is 55.8 Å². The molecular weight excluding hydrogens is 827 g/mol. The number of rotatable bonds is 27. The third-order valence-electron chi connectivity index (χ3n) is 11.1. The van der Waals surface area contributed by atoms with Crippen LogP contribution in [0.25, 0.3) is 21.5 Å². The molecule has 2 amide bonds. The summed E-state index contributed by atoms with van der Waals surface area (Å²) in [6.45, 7) is 8.09. The fourth-order valence-corrected chi connectivity index (χ4v) is 8.03. The van der Waals surface area contributed by atoms with Crippen molar-refractivity contribution in [3.05, 3.63) is 107 Å². The number of aromatic hydroxyl groups is 2. The molecule has 0 fully saturated rings. The zero-order valence-corrected chi connectivity index (χ0v) is 39.3. The van der Waals surface area contributed by atoms with Crippen LogP contribution >= 0.6 is 0 Å². The molecule has 0 aliphatic heterocycles. The van der Waals surface area contributed by atoms with Crippen LogP contribution in [0.3, 0.4) is 0 Å². The van der Waals surface area contributed by atoms with Gasteiger partial charge in [0.2, 0.25) is 10.0 Å². The molecule has 0 aliphatic rings. The topological polar surface area (TPSA) is 163 Å². The minimum atomic E-state index is -3.31. The second kappa shape index (κ2) is 27.8. The summed E-state index contributed by atoms with van der Waals surface area (Å²) < 4.78 is 36.5. The number of carbonyl (C=O) groups is 2. The molecule has 5 rings (SSSR count). The van der Waals surface area contributed by atoms with Crippen LogP contribution < -0.4 is 24.8 Å². The van der Waals surface area contributed by atoms with Crippen molar-refractivity contribution in [1.82, 2.24) is 15.4 Å². The van der Waals surface area contributed by atoms with Gasteiger partial charge in [-0.1, -0.05) is 163 Å². The van der Waals surface area contributed by atoms with E-state index in [0.29, 0.717) is 53.6 Å². The van der Waals surface area contributed by atoms with Crippen LogP contribution in [0.5, 0.6) is 23.0 Å². The lowest BCUT2D eigenvalue weighted by atomic mass is 10.0. The highest BCUT2D eigenvalue weighted by molar-refractivity contribution is 7.88. The van der Waals surface area contributed by atoms with Gasteiger partial charge in [-0.15, -0.1) is 0 Å². The Morgan fingerprint density at radius 2 is 1.08 bits per heavy atom. The molecule has 5 aromatic rings. The van der Waals surface area contributed by atoms with E-state index in [1.165, 1.54) is 88.7 Å². The summed E-state index contributed by atoms with van der Waals surface area (Å²) in [5.41, 5.74) is 2.76. The summed E-state index contributed by atoms with van der Waals surface area (Å²) >= 11 is 0. The number of ether oxygens (including phenoxy) is 2. The molecule has 5 aromatic carbocycles. The van der Waals surface area contributed by atoms with Crippen molar-refractivity contribution >= 4 is 43.4 Å². The van der Waals surface area contributed by atoms with E-state index in [2.05, 4.69) is 35.3 Å². The fraction of sp³-hybridized carbons (Fsp3) is 0.462. The normalized spacial score (nSPS) is 11.2. The highest BCUT2D eigenvalue weighted by atomic mass is 32.2. The number of benzene rings is 5. The lowest BCUT2D eigenvalue weighted by Crippen LogP contribution is -2.27. The van der Waals surface area contributed by atoms with E-state index in [-0.39, 0.29) is 42.0 Å². The summed E-state index contributed by atoms with van der Waals surface area (Å²) in [4.78, 5) is 25.2. The lowest BCUT2D eigenvalue weighted by Gasteiger charge is -2.14. The van der Waals surface area contributed by atoms with E-state index in [4.69, 9.17) is 9.47 Å². The smallest absolute Gasteiger partial charge is 0.255 e. The molecule has 11 nitrogen and oxygen atoms in total. The Bertz CT molecular complexity index is 2330. The molecule has 0 atom stereocenters. The molecule has 0 saturated heterocycles. The number of phenolic OH excluding ortho intramolecular Hbond substituents is 2. The predicted molar refractivity (Wildman–Crippen MR) is 261 cm³/mol. The molecule has 0 heterocycles. The molecular formula is C52H71N3O8S. The maximum absolute atomic E-state index is 12.8. The number of hydrogen-bond acceptors (Lipinski definition) is 8. The molecule has 5 N–H and O–H groups in total. The van der Waals surface area contributed by atoms with Crippen molar-refractivity contribution in [3.8, 4) is 23.0 Å². The molecule has 64 heavy (non-hydrogen) atoms. The van der Waals surface area contributed by atoms with Crippen molar-refractivity contribution in [3.63, 3.8) is 0 Å². The van der Waals surface area contributed by atoms with Crippen LogP contribution in [0.4, 0.5) is 0 Å². The number of carbonyl (C=O) groups excluding carboxylic acids is 2. The highest BCUT2D eigenvalue weighted by Gasteiger charge is 2.18. The Hall–Kier alpha value is -5.33. The van der Waals surface area contributed by atoms with Crippen molar-refractivity contribution in [1.29, 1.82) is 0 Å². The van der Waals surface area contributed by atoms with Crippen LogP contribution in [-0.4, -0.2) is 69.5 Å². The van der Waals surface area contributed by atoms with Crippen LogP contribution in [-0.2, 0) is 10.0 Å². The van der Waals surface area contributed by atoms with Gasteiger partial charge in [0.05, 0.1) is 24.0 Å². The van der Waals surface area contributed by atoms with Gasteiger partial charge in [0.25, 0.3) is 11.8 Å². The van der Waals surface area contributed by atoms with Crippen molar-refractivity contribution in [2.75, 3.05) is 39.1 Å². The molecule has 0 radical (unpaired) electrons. The van der Waals surface area contributed by atoms with Gasteiger partial charge in [0, 0.05) is 35.8 Å². The number of unbranched alkanes of at least 4 members (excludes halogenated alkanes) is 13. The number of nitrogens with one attached hydrogen (secondary N) is 3. The number of aryl methyl sites for hydroxylation is 2. The average Bonchev–Trinajstić information content (AvgIpc) is 3.27. The van der Waals surface area contributed by atoms with E-state index < -0.39 is 10.0 Å². The zero-order valence-electron chi connectivity index (χ0n) is 38.5. The maximum Gasteiger partial charge on any atom is 0.255 e. The molecule has 0 aromatic heterocycles. The first-order chi connectivity index (χ1) is 30.9. The first-order valence-corrected chi connectivity index (χ1v) is 25.1. The molecule has 0 spiro atoms. The Balaban J connectivity index is 0.000000300. The Labute approximate surface area is 381 Å². The number of phenols is 2. The summed E-state index contributed by atoms with van der Waals surface area (Å²) in [5.74, 6) is 0.610. The van der Waals surface area contributed by atoms with Gasteiger partial charge in [-0.25, -0.2) is 13.1 Å². The van der Waals surface area contributed by atoms with Crippen LogP contribution in [0, 0.1) is 13.8 Å². The van der Waals surface area contributed by atoms with Gasteiger partial charge in [-0.3, -0.25) is 9.59 Å². The Kier molecular flexibility index (Phi) is 22.3. The molecule has 0 unspecified atom stereocenters. The van der Waals surface area contributed by atoms with Gasteiger partial charge in [0.1, 0.15) is 29.6 Å². The third-order valence-corrected chi connectivity index (χ3v) is 11.8. The third kappa shape index (κ3) is 17.7. The monoisotopic (exact) mass is 897 g/mol. The van der Waals surface area contributed by atoms with Crippen LogP contribution in [0.2, 0.25) is 0 Å². The van der Waals surface area contributed by atoms with E-state index in [9.17, 15) is 28.2 Å². The molecule has 348 valence electrons. The summed E-state index contributed by atoms with van der Waals surface area (Å²) in [5, 5.41) is 29.6. The van der Waals surface area contributed by atoms with Gasteiger partial charge in [-0.2, -0.15) is 0 Å². The molecule has 0 saturated carbocycles. The largest absolute Gasteiger partial charge is 0.506 e. The first-order valence-electron chi connectivity index (χ1n) is 23.2. The average molecular weight is 898 g/mol. The first kappa shape index (κ1) is 51.3. The standard InChI is InChI=1S/C30H48N2O5S.C22H23NO3/c1-3-4-5-6-7-8-9-10-11-12-13-14-15-18-21-31-30(34)27-24-28(37-23-22-32-38(2,35)36)25-19-16-17-20-26(25)29(27)33;1-15-8-11-20(16(2)14-15)26-13-5-12-23-22(25)19-10-9-17-6-3-4-7-18(17)21(19)24/h16-17,19-20,24,32-33H,3-15,18,21-23H2,1-2H3,(H,31,34);3-4,6-11,14,24H,5,12-13H2,1-2H3,(H,23,25). The Morgan fingerprint density at radius 1 is 0.547 bits per heavy atom. The van der Waals surface area contributed by atoms with E-state index in [1.807, 2.05) is 49.4 Å². The van der Waals surface area contributed by atoms with Crippen molar-refractivity contribution in [2.24, 2.45) is 0 Å². The van der Waals surface area contributed by atoms with E-state index >= 15 is 0 Å². The van der Waals surface area contributed by atoms with Gasteiger partial charge < -0.3 is 30.3 Å². The van der Waals surface area contributed by atoms with Crippen molar-refractivity contribution < 1.29 is 37.7 Å². The SMILES string of the molecule is CCCCCCCCCCCCCCCCNC(=O)c1cc(OCCNS(C)(=O)=O)c2ccccc2c1O.Cc1ccc(OCCCNC(=O)c2ccc3ccccc3c2O)c(C)c1. The second-order valence-corrected chi connectivity index (χ2v) is 18.4. The molecule has 0 bridgehead atoms. The van der Waals surface area contributed by atoms with Gasteiger partial charge >= 0.3 is 0 Å². The summed E-state index contributed by atoms with van der Waals surface area (Å²) in [6.07, 6.45) is 19.7. The van der Waals surface area contributed by atoms with Gasteiger partial charge in [0.15, 0.2) is 0 Å². The minimum absolute atomic E-state index is 0.0205. The highest BCUT2D eigenvalue weighted by Crippen LogP contribution is 2.36. The number of amides is 2. The maximum atomic E-state index is 12.8. The number of sulfonamides is 1. The lowest BCUT2D eigenvalue weighted by molar-refractivity contribution is 0.0941. The fourth-order valence-electron chi connectivity index (χ4n) is 7.58. The van der Waals surface area contributed by atoms with Crippen LogP contribution in [0.15, 0.2) is 84.9 Å². The molecule has 12 heteroatoms. The number of fused-ring (bicyclic) bond motifs is 2.